The lowest BCUT2D eigenvalue weighted by Crippen LogP contribution is -2.23. The third kappa shape index (κ3) is 4.36. The number of carbonyl (C=O) groups is 1. The van der Waals surface area contributed by atoms with Gasteiger partial charge in [-0.05, 0) is 25.2 Å². The van der Waals surface area contributed by atoms with Crippen LogP contribution in [0, 0.1) is 17.3 Å². The van der Waals surface area contributed by atoms with Gasteiger partial charge in [-0.25, -0.2) is 0 Å². The molecule has 2 atom stereocenters. The summed E-state index contributed by atoms with van der Waals surface area (Å²) in [6, 6.07) is 0. The van der Waals surface area contributed by atoms with Crippen LogP contribution in [-0.4, -0.2) is 10.9 Å². The summed E-state index contributed by atoms with van der Waals surface area (Å²) in [5.74, 6) is 1.09. The number of rotatable bonds is 7. The number of aliphatic hydroxyl groups excluding tert-OH is 1. The Morgan fingerprint density at radius 1 is 1.37 bits per heavy atom. The topological polar surface area (TPSA) is 37.3 Å². The SMILES string of the molecule is CCC(C)C(=O)C=C(O)C(C)(CC)CC1CCCC1. The fourth-order valence-corrected chi connectivity index (χ4v) is 2.93. The van der Waals surface area contributed by atoms with Crippen molar-refractivity contribution in [2.75, 3.05) is 0 Å². The summed E-state index contributed by atoms with van der Waals surface area (Å²) in [5, 5.41) is 10.4. The monoisotopic (exact) mass is 266 g/mol. The Bertz CT molecular complexity index is 326. The first kappa shape index (κ1) is 16.3. The van der Waals surface area contributed by atoms with Gasteiger partial charge in [0.1, 0.15) is 5.76 Å². The van der Waals surface area contributed by atoms with Crippen LogP contribution in [0.2, 0.25) is 0 Å². The smallest absolute Gasteiger partial charge is 0.161 e. The van der Waals surface area contributed by atoms with Crippen molar-refractivity contribution in [3.63, 3.8) is 0 Å². The molecule has 110 valence electrons. The molecule has 2 unspecified atom stereocenters. The van der Waals surface area contributed by atoms with E-state index in [1.807, 2.05) is 13.8 Å². The summed E-state index contributed by atoms with van der Waals surface area (Å²) in [5.41, 5.74) is -0.224. The molecule has 2 nitrogen and oxygen atoms in total. The molecule has 0 radical (unpaired) electrons. The average molecular weight is 266 g/mol. The zero-order valence-electron chi connectivity index (χ0n) is 13.0. The molecule has 0 aromatic carbocycles. The van der Waals surface area contributed by atoms with E-state index in [-0.39, 0.29) is 17.1 Å². The van der Waals surface area contributed by atoms with Crippen molar-refractivity contribution in [3.05, 3.63) is 11.8 Å². The van der Waals surface area contributed by atoms with Gasteiger partial charge in [0.15, 0.2) is 5.78 Å². The number of hydrogen-bond acceptors (Lipinski definition) is 2. The molecule has 1 aliphatic carbocycles. The van der Waals surface area contributed by atoms with Crippen LogP contribution in [0.4, 0.5) is 0 Å². The van der Waals surface area contributed by atoms with E-state index in [1.54, 1.807) is 0 Å². The van der Waals surface area contributed by atoms with Crippen molar-refractivity contribution < 1.29 is 9.90 Å². The second kappa shape index (κ2) is 7.12. The average Bonchev–Trinajstić information content (AvgIpc) is 2.89. The van der Waals surface area contributed by atoms with Crippen LogP contribution in [0.15, 0.2) is 11.8 Å². The molecule has 0 amide bonds. The fourth-order valence-electron chi connectivity index (χ4n) is 2.93. The number of hydrogen-bond donors (Lipinski definition) is 1. The van der Waals surface area contributed by atoms with Crippen LogP contribution in [0.3, 0.4) is 0 Å². The van der Waals surface area contributed by atoms with E-state index in [0.717, 1.165) is 25.2 Å². The maximum atomic E-state index is 11.9. The zero-order chi connectivity index (χ0) is 14.5. The van der Waals surface area contributed by atoms with Crippen LogP contribution in [0.5, 0.6) is 0 Å². The minimum Gasteiger partial charge on any atom is -0.512 e. The Morgan fingerprint density at radius 3 is 2.42 bits per heavy atom. The summed E-state index contributed by atoms with van der Waals surface area (Å²) in [6.45, 7) is 8.13. The summed E-state index contributed by atoms with van der Waals surface area (Å²) in [7, 11) is 0. The van der Waals surface area contributed by atoms with Gasteiger partial charge in [0.25, 0.3) is 0 Å². The maximum Gasteiger partial charge on any atom is 0.161 e. The van der Waals surface area contributed by atoms with Crippen LogP contribution < -0.4 is 0 Å². The van der Waals surface area contributed by atoms with Crippen molar-refractivity contribution in [3.8, 4) is 0 Å². The van der Waals surface area contributed by atoms with Gasteiger partial charge < -0.3 is 5.11 Å². The zero-order valence-corrected chi connectivity index (χ0v) is 13.0. The van der Waals surface area contributed by atoms with E-state index in [0.29, 0.717) is 5.76 Å². The van der Waals surface area contributed by atoms with Gasteiger partial charge in [-0.2, -0.15) is 0 Å². The fraction of sp³-hybridized carbons (Fsp3) is 0.824. The highest BCUT2D eigenvalue weighted by Gasteiger charge is 2.32. The largest absolute Gasteiger partial charge is 0.512 e. The Hall–Kier alpha value is -0.790. The van der Waals surface area contributed by atoms with Crippen molar-refractivity contribution in [1.29, 1.82) is 0 Å². The molecular formula is C17H30O2. The standard InChI is InChI=1S/C17H30O2/c1-5-13(3)15(18)11-16(19)17(4,6-2)12-14-9-7-8-10-14/h11,13-14,19H,5-10,12H2,1-4H3. The molecule has 1 fully saturated rings. The van der Waals surface area contributed by atoms with Crippen LogP contribution in [0.1, 0.15) is 72.6 Å². The number of ketones is 1. The van der Waals surface area contributed by atoms with Gasteiger partial charge >= 0.3 is 0 Å². The third-order valence-corrected chi connectivity index (χ3v) is 4.99. The van der Waals surface area contributed by atoms with E-state index in [1.165, 1.54) is 31.8 Å². The lowest BCUT2D eigenvalue weighted by Gasteiger charge is -2.30. The third-order valence-electron chi connectivity index (χ3n) is 4.99. The first-order valence-electron chi connectivity index (χ1n) is 7.88. The first-order chi connectivity index (χ1) is 8.92. The highest BCUT2D eigenvalue weighted by atomic mass is 16.3. The highest BCUT2D eigenvalue weighted by Crippen LogP contribution is 2.41. The molecule has 2 heteroatoms. The minimum atomic E-state index is -0.224. The molecule has 1 rings (SSSR count). The second-order valence-electron chi connectivity index (χ2n) is 6.51. The normalized spacial score (nSPS) is 22.2. The van der Waals surface area contributed by atoms with Gasteiger partial charge in [0, 0.05) is 17.4 Å². The van der Waals surface area contributed by atoms with Gasteiger partial charge in [-0.3, -0.25) is 4.79 Å². The van der Waals surface area contributed by atoms with E-state index in [4.69, 9.17) is 0 Å². The van der Waals surface area contributed by atoms with Crippen LogP contribution >= 0.6 is 0 Å². The van der Waals surface area contributed by atoms with Crippen molar-refractivity contribution in [2.24, 2.45) is 17.3 Å². The molecule has 0 saturated heterocycles. The molecule has 0 aliphatic heterocycles. The quantitative estimate of drug-likeness (QED) is 0.517. The molecule has 0 bridgehead atoms. The van der Waals surface area contributed by atoms with Gasteiger partial charge in [-0.1, -0.05) is 53.4 Å². The molecule has 1 aliphatic rings. The van der Waals surface area contributed by atoms with E-state index in [9.17, 15) is 9.90 Å². The Morgan fingerprint density at radius 2 is 1.95 bits per heavy atom. The summed E-state index contributed by atoms with van der Waals surface area (Å²) in [4.78, 5) is 11.9. The van der Waals surface area contributed by atoms with Crippen molar-refractivity contribution >= 4 is 5.78 Å². The van der Waals surface area contributed by atoms with E-state index >= 15 is 0 Å². The summed E-state index contributed by atoms with van der Waals surface area (Å²) >= 11 is 0. The summed E-state index contributed by atoms with van der Waals surface area (Å²) in [6.07, 6.45) is 9.42. The Labute approximate surface area is 118 Å². The van der Waals surface area contributed by atoms with Crippen LogP contribution in [0.25, 0.3) is 0 Å². The predicted molar refractivity (Wildman–Crippen MR) is 80.1 cm³/mol. The molecule has 19 heavy (non-hydrogen) atoms. The predicted octanol–water partition coefficient (Wildman–Crippen LogP) is 5.04. The van der Waals surface area contributed by atoms with E-state index in [2.05, 4.69) is 13.8 Å². The van der Waals surface area contributed by atoms with E-state index < -0.39 is 0 Å². The molecule has 1 N–H and O–H groups in total. The highest BCUT2D eigenvalue weighted by molar-refractivity contribution is 5.91. The van der Waals surface area contributed by atoms with Gasteiger partial charge in [-0.15, -0.1) is 0 Å². The molecule has 0 spiro atoms. The molecular weight excluding hydrogens is 236 g/mol. The Balaban J connectivity index is 2.75. The number of carbonyl (C=O) groups excluding carboxylic acids is 1. The molecule has 0 heterocycles. The molecule has 0 aromatic heterocycles. The molecule has 0 aromatic rings. The van der Waals surface area contributed by atoms with Gasteiger partial charge in [0.05, 0.1) is 0 Å². The second-order valence-corrected chi connectivity index (χ2v) is 6.51. The van der Waals surface area contributed by atoms with Gasteiger partial charge in [0.2, 0.25) is 0 Å². The van der Waals surface area contributed by atoms with Crippen LogP contribution in [-0.2, 0) is 4.79 Å². The minimum absolute atomic E-state index is 0.00902. The van der Waals surface area contributed by atoms with Crippen molar-refractivity contribution in [2.45, 2.75) is 72.6 Å². The number of allylic oxidation sites excluding steroid dienone is 2. The first-order valence-corrected chi connectivity index (χ1v) is 7.88. The lowest BCUT2D eigenvalue weighted by molar-refractivity contribution is -0.118. The summed E-state index contributed by atoms with van der Waals surface area (Å²) < 4.78 is 0. The molecule has 1 saturated carbocycles. The Kier molecular flexibility index (Phi) is 6.09. The lowest BCUT2D eigenvalue weighted by atomic mass is 9.76. The maximum absolute atomic E-state index is 11.9. The number of aliphatic hydroxyl groups is 1. The van der Waals surface area contributed by atoms with Crippen molar-refractivity contribution in [1.82, 2.24) is 0 Å².